The van der Waals surface area contributed by atoms with Crippen molar-refractivity contribution in [2.45, 2.75) is 12.4 Å². The molecular weight excluding hydrogens is 312 g/mol. The van der Waals surface area contributed by atoms with Crippen LogP contribution in [-0.4, -0.2) is 26.4 Å². The zero-order valence-electron chi connectivity index (χ0n) is 11.3. The SMILES string of the molecule is COCc1nc(C(=O)NS(=O)(=O)Cc2ccccc2)cs1. The van der Waals surface area contributed by atoms with Crippen molar-refractivity contribution in [1.29, 1.82) is 0 Å². The highest BCUT2D eigenvalue weighted by Crippen LogP contribution is 2.11. The second-order valence-electron chi connectivity index (χ2n) is 4.24. The smallest absolute Gasteiger partial charge is 0.284 e. The van der Waals surface area contributed by atoms with E-state index in [1.807, 2.05) is 4.72 Å². The fourth-order valence-corrected chi connectivity index (χ4v) is 3.46. The number of methoxy groups -OCH3 is 1. The molecule has 112 valence electrons. The average molecular weight is 326 g/mol. The minimum Gasteiger partial charge on any atom is -0.378 e. The van der Waals surface area contributed by atoms with E-state index in [0.717, 1.165) is 0 Å². The molecule has 2 aromatic rings. The highest BCUT2D eigenvalue weighted by molar-refractivity contribution is 7.89. The Kier molecular flexibility index (Phi) is 5.05. The van der Waals surface area contributed by atoms with Crippen LogP contribution in [0.2, 0.25) is 0 Å². The third-order valence-electron chi connectivity index (χ3n) is 2.50. The van der Waals surface area contributed by atoms with E-state index in [9.17, 15) is 13.2 Å². The number of benzene rings is 1. The lowest BCUT2D eigenvalue weighted by molar-refractivity contribution is 0.0976. The summed E-state index contributed by atoms with van der Waals surface area (Å²) in [5.41, 5.74) is 0.680. The molecule has 6 nitrogen and oxygen atoms in total. The lowest BCUT2D eigenvalue weighted by Crippen LogP contribution is -2.31. The molecule has 0 aliphatic rings. The maximum Gasteiger partial charge on any atom is 0.284 e. The number of carbonyl (C=O) groups is 1. The minimum atomic E-state index is -3.75. The molecule has 0 fully saturated rings. The lowest BCUT2D eigenvalue weighted by Gasteiger charge is -2.05. The van der Waals surface area contributed by atoms with E-state index in [0.29, 0.717) is 10.6 Å². The molecule has 1 aromatic heterocycles. The highest BCUT2D eigenvalue weighted by atomic mass is 32.2. The van der Waals surface area contributed by atoms with Crippen molar-refractivity contribution >= 4 is 27.3 Å². The van der Waals surface area contributed by atoms with Gasteiger partial charge in [0, 0.05) is 12.5 Å². The van der Waals surface area contributed by atoms with E-state index in [-0.39, 0.29) is 18.1 Å². The average Bonchev–Trinajstić information content (AvgIpc) is 2.88. The molecule has 0 saturated heterocycles. The predicted molar refractivity (Wildman–Crippen MR) is 79.4 cm³/mol. The fourth-order valence-electron chi connectivity index (χ4n) is 1.63. The number of nitrogens with one attached hydrogen (secondary N) is 1. The molecule has 0 spiro atoms. The van der Waals surface area contributed by atoms with Gasteiger partial charge in [-0.3, -0.25) is 4.79 Å². The number of nitrogens with zero attached hydrogens (tertiary/aromatic N) is 1. The highest BCUT2D eigenvalue weighted by Gasteiger charge is 2.18. The molecule has 0 unspecified atom stereocenters. The Morgan fingerprint density at radius 2 is 2.05 bits per heavy atom. The van der Waals surface area contributed by atoms with Gasteiger partial charge in [0.05, 0.1) is 12.4 Å². The predicted octanol–water partition coefficient (Wildman–Crippen LogP) is 1.55. The molecule has 21 heavy (non-hydrogen) atoms. The largest absolute Gasteiger partial charge is 0.378 e. The maximum atomic E-state index is 11.9. The van der Waals surface area contributed by atoms with Gasteiger partial charge in [-0.05, 0) is 5.56 Å². The molecule has 8 heteroatoms. The van der Waals surface area contributed by atoms with Crippen molar-refractivity contribution in [3.8, 4) is 0 Å². The van der Waals surface area contributed by atoms with Crippen molar-refractivity contribution in [3.05, 3.63) is 52.0 Å². The molecule has 0 aliphatic heterocycles. The molecule has 1 aromatic carbocycles. The zero-order valence-corrected chi connectivity index (χ0v) is 12.9. The first-order chi connectivity index (χ1) is 10.00. The van der Waals surface area contributed by atoms with Crippen molar-refractivity contribution in [2.75, 3.05) is 7.11 Å². The van der Waals surface area contributed by atoms with Gasteiger partial charge in [-0.1, -0.05) is 30.3 Å². The van der Waals surface area contributed by atoms with Gasteiger partial charge in [-0.25, -0.2) is 18.1 Å². The summed E-state index contributed by atoms with van der Waals surface area (Å²) in [5.74, 6) is -0.987. The van der Waals surface area contributed by atoms with Crippen molar-refractivity contribution in [3.63, 3.8) is 0 Å². The first kappa shape index (κ1) is 15.6. The summed E-state index contributed by atoms with van der Waals surface area (Å²) in [5, 5.41) is 2.12. The number of hydrogen-bond acceptors (Lipinski definition) is 6. The number of thiazole rings is 1. The van der Waals surface area contributed by atoms with Crippen LogP contribution in [0.25, 0.3) is 0 Å². The maximum absolute atomic E-state index is 11.9. The minimum absolute atomic E-state index is 0.0729. The summed E-state index contributed by atoms with van der Waals surface area (Å²) in [6.07, 6.45) is 0. The number of aromatic nitrogens is 1. The van der Waals surface area contributed by atoms with Crippen LogP contribution in [0, 0.1) is 0 Å². The summed E-state index contributed by atoms with van der Waals surface area (Å²) in [7, 11) is -2.23. The second kappa shape index (κ2) is 6.79. The van der Waals surface area contributed by atoms with Gasteiger partial charge >= 0.3 is 0 Å². The lowest BCUT2D eigenvalue weighted by atomic mass is 10.2. The number of amides is 1. The van der Waals surface area contributed by atoms with Gasteiger partial charge in [0.1, 0.15) is 10.7 Å². The molecule has 0 bridgehead atoms. The standard InChI is InChI=1S/C13H14N2O4S2/c1-19-7-12-14-11(8-20-12)13(16)15-21(17,18)9-10-5-3-2-4-6-10/h2-6,8H,7,9H2,1H3,(H,15,16). The van der Waals surface area contributed by atoms with Crippen molar-refractivity contribution in [2.24, 2.45) is 0 Å². The molecule has 0 radical (unpaired) electrons. The summed E-state index contributed by atoms with van der Waals surface area (Å²) < 4.78 is 30.8. The van der Waals surface area contributed by atoms with Crippen molar-refractivity contribution < 1.29 is 17.9 Å². The first-order valence-electron chi connectivity index (χ1n) is 6.02. The topological polar surface area (TPSA) is 85.4 Å². The van der Waals surface area contributed by atoms with Gasteiger partial charge in [0.25, 0.3) is 5.91 Å². The van der Waals surface area contributed by atoms with E-state index < -0.39 is 15.9 Å². The normalized spacial score (nSPS) is 11.3. The number of sulfonamides is 1. The Morgan fingerprint density at radius 3 is 2.71 bits per heavy atom. The Labute approximate surface area is 126 Å². The van der Waals surface area contributed by atoms with Gasteiger partial charge in [-0.15, -0.1) is 11.3 Å². The summed E-state index contributed by atoms with van der Waals surface area (Å²) in [6, 6.07) is 8.64. The number of hydrogen-bond donors (Lipinski definition) is 1. The first-order valence-corrected chi connectivity index (χ1v) is 8.55. The van der Waals surface area contributed by atoms with Crippen LogP contribution in [-0.2, 0) is 27.1 Å². The number of rotatable bonds is 6. The number of carbonyl (C=O) groups excluding carboxylic acids is 1. The van der Waals surface area contributed by atoms with Crippen LogP contribution in [0.1, 0.15) is 21.1 Å². The van der Waals surface area contributed by atoms with E-state index in [2.05, 4.69) is 4.98 Å². The molecule has 1 amide bonds. The van der Waals surface area contributed by atoms with Crippen molar-refractivity contribution in [1.82, 2.24) is 9.71 Å². The van der Waals surface area contributed by atoms with Gasteiger partial charge in [-0.2, -0.15) is 0 Å². The molecule has 0 saturated carbocycles. The number of ether oxygens (including phenoxy) is 1. The van der Waals surface area contributed by atoms with Crippen LogP contribution < -0.4 is 4.72 Å². The Bertz CT molecular complexity index is 711. The Morgan fingerprint density at radius 1 is 1.33 bits per heavy atom. The van der Waals surface area contributed by atoms with Crippen LogP contribution in [0.4, 0.5) is 0 Å². The zero-order chi connectivity index (χ0) is 15.3. The molecule has 1 N–H and O–H groups in total. The Hall–Kier alpha value is -1.77. The van der Waals surface area contributed by atoms with Gasteiger partial charge < -0.3 is 4.74 Å². The molecule has 0 aliphatic carbocycles. The van der Waals surface area contributed by atoms with E-state index in [1.54, 1.807) is 30.3 Å². The van der Waals surface area contributed by atoms with Crippen LogP contribution in [0.5, 0.6) is 0 Å². The second-order valence-corrected chi connectivity index (χ2v) is 6.90. The summed E-state index contributed by atoms with van der Waals surface area (Å²) >= 11 is 1.24. The van der Waals surface area contributed by atoms with Crippen LogP contribution in [0.15, 0.2) is 35.7 Å². The van der Waals surface area contributed by atoms with Crippen LogP contribution in [0.3, 0.4) is 0 Å². The van der Waals surface area contributed by atoms with Crippen LogP contribution >= 0.6 is 11.3 Å². The Balaban J connectivity index is 2.03. The fraction of sp³-hybridized carbons (Fsp3) is 0.231. The molecule has 1 heterocycles. The summed E-state index contributed by atoms with van der Waals surface area (Å²) in [6.45, 7) is 0.286. The third-order valence-corrected chi connectivity index (χ3v) is 4.53. The van der Waals surface area contributed by atoms with E-state index >= 15 is 0 Å². The van der Waals surface area contributed by atoms with E-state index in [4.69, 9.17) is 4.74 Å². The van der Waals surface area contributed by atoms with Gasteiger partial charge in [0.2, 0.25) is 10.0 Å². The molecular formula is C13H14N2O4S2. The molecule has 0 atom stereocenters. The summed E-state index contributed by atoms with van der Waals surface area (Å²) in [4.78, 5) is 15.9. The monoisotopic (exact) mass is 326 g/mol. The quantitative estimate of drug-likeness (QED) is 0.870. The van der Waals surface area contributed by atoms with Gasteiger partial charge in [0.15, 0.2) is 0 Å². The third kappa shape index (κ3) is 4.62. The van der Waals surface area contributed by atoms with E-state index in [1.165, 1.54) is 23.8 Å². The molecule has 2 rings (SSSR count).